The first kappa shape index (κ1) is 26.3. The number of allylic oxidation sites excluding steroid dienone is 1. The smallest absolute Gasteiger partial charge is 0.411 e. The van der Waals surface area contributed by atoms with Crippen molar-refractivity contribution in [2.75, 3.05) is 11.9 Å². The Bertz CT molecular complexity index is 1410. The van der Waals surface area contributed by atoms with E-state index < -0.39 is 6.09 Å². The highest BCUT2D eigenvalue weighted by Gasteiger charge is 2.07. The van der Waals surface area contributed by atoms with Gasteiger partial charge in [0.2, 0.25) is 0 Å². The quantitative estimate of drug-likeness (QED) is 0.251. The fourth-order valence-electron chi connectivity index (χ4n) is 4.07. The molecule has 1 aromatic heterocycles. The predicted octanol–water partition coefficient (Wildman–Crippen LogP) is 6.21. The van der Waals surface area contributed by atoms with Gasteiger partial charge in [0.1, 0.15) is 6.07 Å². The Morgan fingerprint density at radius 3 is 2.26 bits per heavy atom. The molecule has 0 fully saturated rings. The molecule has 38 heavy (non-hydrogen) atoms. The van der Waals surface area contributed by atoms with E-state index in [1.54, 1.807) is 24.4 Å². The summed E-state index contributed by atoms with van der Waals surface area (Å²) in [6.45, 7) is 0.0349. The second kappa shape index (κ2) is 13.5. The van der Waals surface area contributed by atoms with Gasteiger partial charge in [0.05, 0.1) is 24.5 Å². The van der Waals surface area contributed by atoms with Crippen molar-refractivity contribution in [1.82, 2.24) is 4.98 Å². The number of aromatic nitrogens is 1. The molecule has 4 aromatic rings. The summed E-state index contributed by atoms with van der Waals surface area (Å²) in [7, 11) is 0. The molecule has 0 aliphatic rings. The molecule has 0 saturated carbocycles. The van der Waals surface area contributed by atoms with Crippen LogP contribution in [0.3, 0.4) is 0 Å². The summed E-state index contributed by atoms with van der Waals surface area (Å²) in [4.78, 5) is 16.5. The average Bonchev–Trinajstić information content (AvgIpc) is 2.96. The number of amides is 1. The number of nitrogens with zero attached hydrogens (tertiary/aromatic N) is 2. The van der Waals surface area contributed by atoms with Crippen LogP contribution in [0.4, 0.5) is 10.5 Å². The number of aliphatic hydroxyl groups excluding tert-OH is 1. The van der Waals surface area contributed by atoms with E-state index in [0.29, 0.717) is 28.9 Å². The molecule has 0 bridgehead atoms. The number of ether oxygens (including phenoxy) is 1. The number of benzene rings is 3. The third kappa shape index (κ3) is 7.89. The fraction of sp³-hybridized carbons (Fsp3) is 0.156. The Morgan fingerprint density at radius 1 is 0.868 bits per heavy atom. The van der Waals surface area contributed by atoms with Gasteiger partial charge in [-0.25, -0.2) is 4.79 Å². The number of aliphatic hydroxyl groups is 1. The normalized spacial score (nSPS) is 11.0. The van der Waals surface area contributed by atoms with E-state index >= 15 is 0 Å². The maximum Gasteiger partial charge on any atom is 0.411 e. The van der Waals surface area contributed by atoms with E-state index in [0.717, 1.165) is 24.0 Å². The number of carbonyl (C=O) groups is 1. The lowest BCUT2D eigenvalue weighted by Crippen LogP contribution is -2.15. The van der Waals surface area contributed by atoms with Crippen LogP contribution < -0.4 is 5.32 Å². The van der Waals surface area contributed by atoms with Crippen molar-refractivity contribution >= 4 is 23.4 Å². The second-order valence-electron chi connectivity index (χ2n) is 8.82. The Morgan fingerprint density at radius 2 is 1.58 bits per heavy atom. The van der Waals surface area contributed by atoms with Crippen molar-refractivity contribution in [3.05, 3.63) is 131 Å². The summed E-state index contributed by atoms with van der Waals surface area (Å²) in [5, 5.41) is 22.0. The number of pyridine rings is 1. The molecule has 6 nitrogen and oxygen atoms in total. The Hall–Kier alpha value is -4.73. The first-order valence-corrected chi connectivity index (χ1v) is 12.5. The van der Waals surface area contributed by atoms with Crippen molar-refractivity contribution in [3.8, 4) is 6.07 Å². The number of hydrogen-bond donors (Lipinski definition) is 2. The van der Waals surface area contributed by atoms with Crippen molar-refractivity contribution in [2.45, 2.75) is 25.9 Å². The highest BCUT2D eigenvalue weighted by Crippen LogP contribution is 2.19. The number of carbonyl (C=O) groups excluding carboxylic acids is 1. The van der Waals surface area contributed by atoms with E-state index in [-0.39, 0.29) is 13.2 Å². The van der Waals surface area contributed by atoms with Gasteiger partial charge in [-0.3, -0.25) is 10.3 Å². The molecule has 1 amide bonds. The number of hydrogen-bond acceptors (Lipinski definition) is 5. The highest BCUT2D eigenvalue weighted by molar-refractivity contribution is 5.88. The Kier molecular flexibility index (Phi) is 9.39. The Labute approximate surface area is 222 Å². The van der Waals surface area contributed by atoms with E-state index in [1.807, 2.05) is 66.7 Å². The van der Waals surface area contributed by atoms with E-state index in [2.05, 4.69) is 28.5 Å². The number of anilines is 1. The van der Waals surface area contributed by atoms with Gasteiger partial charge >= 0.3 is 6.09 Å². The van der Waals surface area contributed by atoms with Crippen LogP contribution in [0.15, 0.2) is 97.2 Å². The molecule has 2 N–H and O–H groups in total. The van der Waals surface area contributed by atoms with Gasteiger partial charge in [-0.15, -0.1) is 0 Å². The number of nitrogens with one attached hydrogen (secondary N) is 1. The number of rotatable bonds is 10. The zero-order valence-corrected chi connectivity index (χ0v) is 21.0. The van der Waals surface area contributed by atoms with E-state index in [4.69, 9.17) is 4.74 Å². The molecular formula is C32H29N3O3. The predicted molar refractivity (Wildman–Crippen MR) is 149 cm³/mol. The van der Waals surface area contributed by atoms with Gasteiger partial charge in [-0.1, -0.05) is 60.7 Å². The van der Waals surface area contributed by atoms with Crippen LogP contribution in [-0.2, 0) is 30.6 Å². The highest BCUT2D eigenvalue weighted by atomic mass is 16.5. The summed E-state index contributed by atoms with van der Waals surface area (Å²) in [5.74, 6) is 0. The minimum atomic E-state index is -0.526. The van der Waals surface area contributed by atoms with Crippen molar-refractivity contribution in [1.29, 1.82) is 5.26 Å². The van der Waals surface area contributed by atoms with Crippen LogP contribution in [0.25, 0.3) is 11.6 Å². The fourth-order valence-corrected chi connectivity index (χ4v) is 4.07. The zero-order chi connectivity index (χ0) is 26.6. The van der Waals surface area contributed by atoms with Crippen molar-refractivity contribution in [3.63, 3.8) is 0 Å². The third-order valence-electron chi connectivity index (χ3n) is 6.00. The molecule has 3 aromatic carbocycles. The molecule has 0 atom stereocenters. The van der Waals surface area contributed by atoms with Crippen LogP contribution in [0.1, 0.15) is 33.5 Å². The van der Waals surface area contributed by atoms with Crippen LogP contribution in [0.5, 0.6) is 0 Å². The summed E-state index contributed by atoms with van der Waals surface area (Å²) >= 11 is 0. The molecule has 6 heteroatoms. The van der Waals surface area contributed by atoms with E-state index in [1.165, 1.54) is 11.1 Å². The number of aryl methyl sites for hydroxylation is 2. The van der Waals surface area contributed by atoms with Crippen LogP contribution >= 0.6 is 0 Å². The minimum Gasteiger partial charge on any atom is -0.449 e. The molecule has 0 unspecified atom stereocenters. The van der Waals surface area contributed by atoms with Crippen molar-refractivity contribution in [2.24, 2.45) is 0 Å². The standard InChI is InChI=1S/C32H29N3O3/c33-22-29(31-8-4-5-16-34-31)21-27-18-26(19-28(20-27)23-36)15-17-38-32(37)35-30-13-11-25(12-14-30)10-9-24-6-2-1-3-7-24/h1-8,11-14,16,18-21,36H,9-10,15,17,23H2,(H,35,37). The molecule has 190 valence electrons. The second-order valence-corrected chi connectivity index (χ2v) is 8.82. The molecule has 0 radical (unpaired) electrons. The van der Waals surface area contributed by atoms with Crippen LogP contribution in [0, 0.1) is 11.3 Å². The molecule has 4 rings (SSSR count). The first-order chi connectivity index (χ1) is 18.6. The Balaban J connectivity index is 1.30. The minimum absolute atomic E-state index is 0.136. The lowest BCUT2D eigenvalue weighted by Gasteiger charge is -2.10. The lowest BCUT2D eigenvalue weighted by atomic mass is 10.0. The summed E-state index contributed by atoms with van der Waals surface area (Å²) in [6, 6.07) is 31.3. The third-order valence-corrected chi connectivity index (χ3v) is 6.00. The average molecular weight is 504 g/mol. The molecule has 0 saturated heterocycles. The van der Waals surface area contributed by atoms with Gasteiger partial charge in [0, 0.05) is 18.3 Å². The summed E-state index contributed by atoms with van der Waals surface area (Å²) in [5.41, 5.74) is 6.54. The van der Waals surface area contributed by atoms with Crippen LogP contribution in [0.2, 0.25) is 0 Å². The maximum absolute atomic E-state index is 12.3. The monoisotopic (exact) mass is 503 g/mol. The molecular weight excluding hydrogens is 474 g/mol. The van der Waals surface area contributed by atoms with Crippen LogP contribution in [-0.4, -0.2) is 22.8 Å². The van der Waals surface area contributed by atoms with E-state index in [9.17, 15) is 15.2 Å². The molecule has 1 heterocycles. The molecule has 0 aliphatic carbocycles. The molecule has 0 aliphatic heterocycles. The molecule has 0 spiro atoms. The lowest BCUT2D eigenvalue weighted by molar-refractivity contribution is 0.163. The van der Waals surface area contributed by atoms with Gasteiger partial charge in [-0.05, 0) is 77.1 Å². The van der Waals surface area contributed by atoms with Gasteiger partial charge in [0.15, 0.2) is 0 Å². The summed E-state index contributed by atoms with van der Waals surface area (Å²) in [6.07, 6.45) is 5.21. The topological polar surface area (TPSA) is 95.2 Å². The first-order valence-electron chi connectivity index (χ1n) is 12.5. The largest absolute Gasteiger partial charge is 0.449 e. The van der Waals surface area contributed by atoms with Gasteiger partial charge < -0.3 is 9.84 Å². The maximum atomic E-state index is 12.3. The zero-order valence-electron chi connectivity index (χ0n) is 21.0. The summed E-state index contributed by atoms with van der Waals surface area (Å²) < 4.78 is 5.38. The SMILES string of the molecule is N#CC(=Cc1cc(CO)cc(CCOC(=O)Nc2ccc(CCc3ccccc3)cc2)c1)c1ccccn1. The number of nitriles is 1. The van der Waals surface area contributed by atoms with Gasteiger partial charge in [-0.2, -0.15) is 5.26 Å². The van der Waals surface area contributed by atoms with Crippen molar-refractivity contribution < 1.29 is 14.6 Å². The van der Waals surface area contributed by atoms with Gasteiger partial charge in [0.25, 0.3) is 0 Å².